The summed E-state index contributed by atoms with van der Waals surface area (Å²) in [7, 11) is 1.59. The zero-order chi connectivity index (χ0) is 17.5. The monoisotopic (exact) mass is 345 g/mol. The van der Waals surface area contributed by atoms with Gasteiger partial charge in [-0.25, -0.2) is 0 Å². The Hall–Kier alpha value is -1.65. The third-order valence-electron chi connectivity index (χ3n) is 5.15. The van der Waals surface area contributed by atoms with E-state index in [-0.39, 0.29) is 5.54 Å². The van der Waals surface area contributed by atoms with Gasteiger partial charge in [-0.2, -0.15) is 5.26 Å². The van der Waals surface area contributed by atoms with Crippen LogP contribution in [0.15, 0.2) is 18.2 Å². The van der Waals surface area contributed by atoms with Crippen LogP contribution in [0.3, 0.4) is 0 Å². The third-order valence-corrected chi connectivity index (χ3v) is 5.15. The Morgan fingerprint density at radius 2 is 2.12 bits per heavy atom. The number of rotatable bonds is 6. The van der Waals surface area contributed by atoms with Gasteiger partial charge in [0.25, 0.3) is 0 Å². The summed E-state index contributed by atoms with van der Waals surface area (Å²) >= 11 is 0. The van der Waals surface area contributed by atoms with Crippen molar-refractivity contribution in [3.05, 3.63) is 29.3 Å². The first kappa shape index (κ1) is 18.2. The first-order chi connectivity index (χ1) is 12.3. The Balaban J connectivity index is 1.62. The van der Waals surface area contributed by atoms with Crippen molar-refractivity contribution >= 4 is 0 Å². The Morgan fingerprint density at radius 1 is 1.28 bits per heavy atom. The third kappa shape index (κ3) is 4.31. The lowest BCUT2D eigenvalue weighted by atomic mass is 9.89. The molecule has 25 heavy (non-hydrogen) atoms. The summed E-state index contributed by atoms with van der Waals surface area (Å²) in [4.78, 5) is 2.53. The molecule has 1 N–H and O–H groups in total. The van der Waals surface area contributed by atoms with Crippen LogP contribution in [-0.4, -0.2) is 63.6 Å². The van der Waals surface area contributed by atoms with Crippen molar-refractivity contribution in [2.75, 3.05) is 53.2 Å². The SMILES string of the molecule is COc1ccc(CNCC2(N3CCOCC3)CCCOC2)cc1C#N. The Labute approximate surface area is 149 Å². The molecule has 2 aliphatic heterocycles. The van der Waals surface area contributed by atoms with Gasteiger partial charge in [0.05, 0.1) is 38.0 Å². The molecule has 136 valence electrons. The molecule has 1 unspecified atom stereocenters. The first-order valence-electron chi connectivity index (χ1n) is 8.96. The largest absolute Gasteiger partial charge is 0.495 e. The minimum Gasteiger partial charge on any atom is -0.495 e. The number of hydrogen-bond acceptors (Lipinski definition) is 6. The minimum atomic E-state index is 0.0482. The van der Waals surface area contributed by atoms with E-state index >= 15 is 0 Å². The van der Waals surface area contributed by atoms with Crippen LogP contribution in [0.25, 0.3) is 0 Å². The summed E-state index contributed by atoms with van der Waals surface area (Å²) in [6, 6.07) is 7.95. The van der Waals surface area contributed by atoms with Crippen LogP contribution in [0.1, 0.15) is 24.0 Å². The predicted octanol–water partition coefficient (Wildman–Crippen LogP) is 1.54. The molecule has 0 spiro atoms. The second-order valence-corrected chi connectivity index (χ2v) is 6.73. The van der Waals surface area contributed by atoms with Crippen molar-refractivity contribution in [3.8, 4) is 11.8 Å². The molecule has 2 saturated heterocycles. The molecule has 0 aliphatic carbocycles. The highest BCUT2D eigenvalue weighted by atomic mass is 16.5. The topological polar surface area (TPSA) is 66.8 Å². The molecule has 3 rings (SSSR count). The Bertz CT molecular complexity index is 602. The molecule has 0 saturated carbocycles. The van der Waals surface area contributed by atoms with Crippen LogP contribution in [0, 0.1) is 11.3 Å². The van der Waals surface area contributed by atoms with Crippen molar-refractivity contribution in [3.63, 3.8) is 0 Å². The maximum atomic E-state index is 9.23. The molecular formula is C19H27N3O3. The predicted molar refractivity (Wildman–Crippen MR) is 94.6 cm³/mol. The van der Waals surface area contributed by atoms with Gasteiger partial charge < -0.3 is 19.5 Å². The maximum absolute atomic E-state index is 9.23. The summed E-state index contributed by atoms with van der Waals surface area (Å²) in [5.41, 5.74) is 1.71. The molecule has 6 heteroatoms. The highest BCUT2D eigenvalue weighted by molar-refractivity contribution is 5.45. The van der Waals surface area contributed by atoms with E-state index in [1.165, 1.54) is 0 Å². The molecule has 1 atom stereocenters. The lowest BCUT2D eigenvalue weighted by Crippen LogP contribution is -2.62. The number of nitrogens with zero attached hydrogens (tertiary/aromatic N) is 2. The number of nitrogens with one attached hydrogen (secondary N) is 1. The minimum absolute atomic E-state index is 0.0482. The van der Waals surface area contributed by atoms with Gasteiger partial charge in [0, 0.05) is 32.8 Å². The number of ether oxygens (including phenoxy) is 3. The first-order valence-corrected chi connectivity index (χ1v) is 8.96. The van der Waals surface area contributed by atoms with E-state index < -0.39 is 0 Å². The quantitative estimate of drug-likeness (QED) is 0.844. The van der Waals surface area contributed by atoms with Gasteiger partial charge in [0.2, 0.25) is 0 Å². The van der Waals surface area contributed by atoms with Gasteiger partial charge in [-0.15, -0.1) is 0 Å². The Morgan fingerprint density at radius 3 is 2.80 bits per heavy atom. The molecule has 1 aromatic carbocycles. The molecule has 6 nitrogen and oxygen atoms in total. The van der Waals surface area contributed by atoms with Gasteiger partial charge in [0.15, 0.2) is 0 Å². The zero-order valence-electron chi connectivity index (χ0n) is 14.9. The van der Waals surface area contributed by atoms with Gasteiger partial charge in [-0.1, -0.05) is 6.07 Å². The lowest BCUT2D eigenvalue weighted by molar-refractivity contribution is -0.0850. The number of morpholine rings is 1. The standard InChI is InChI=1S/C19H27N3O3/c1-23-18-4-3-16(11-17(18)12-20)13-21-14-19(5-2-8-25-15-19)22-6-9-24-10-7-22/h3-4,11,21H,2,5-10,13-15H2,1H3. The zero-order valence-corrected chi connectivity index (χ0v) is 14.9. The number of nitriles is 1. The van der Waals surface area contributed by atoms with Gasteiger partial charge in [-0.05, 0) is 30.5 Å². The fourth-order valence-electron chi connectivity index (χ4n) is 3.77. The molecule has 0 amide bonds. The van der Waals surface area contributed by atoms with Crippen molar-refractivity contribution in [1.29, 1.82) is 5.26 Å². The van der Waals surface area contributed by atoms with Gasteiger partial charge in [0.1, 0.15) is 11.8 Å². The van der Waals surface area contributed by atoms with Crippen molar-refractivity contribution in [1.82, 2.24) is 10.2 Å². The molecule has 0 aromatic heterocycles. The van der Waals surface area contributed by atoms with Crippen molar-refractivity contribution < 1.29 is 14.2 Å². The summed E-state index contributed by atoms with van der Waals surface area (Å²) < 4.78 is 16.5. The second kappa shape index (κ2) is 8.63. The molecule has 0 bridgehead atoms. The van der Waals surface area contributed by atoms with E-state index in [9.17, 15) is 5.26 Å². The van der Waals surface area contributed by atoms with E-state index in [1.54, 1.807) is 7.11 Å². The van der Waals surface area contributed by atoms with Crippen LogP contribution in [-0.2, 0) is 16.0 Å². The fraction of sp³-hybridized carbons (Fsp3) is 0.632. The summed E-state index contributed by atoms with van der Waals surface area (Å²) in [5.74, 6) is 0.622. The number of benzene rings is 1. The van der Waals surface area contributed by atoms with Crippen molar-refractivity contribution in [2.45, 2.75) is 24.9 Å². The highest BCUT2D eigenvalue weighted by Gasteiger charge is 2.39. The van der Waals surface area contributed by atoms with Crippen LogP contribution in [0.5, 0.6) is 5.75 Å². The van der Waals surface area contributed by atoms with Crippen molar-refractivity contribution in [2.24, 2.45) is 0 Å². The highest BCUT2D eigenvalue weighted by Crippen LogP contribution is 2.27. The van der Waals surface area contributed by atoms with E-state index in [4.69, 9.17) is 14.2 Å². The van der Waals surface area contributed by atoms with E-state index in [0.717, 1.165) is 71.0 Å². The van der Waals surface area contributed by atoms with Crippen LogP contribution in [0.2, 0.25) is 0 Å². The summed E-state index contributed by atoms with van der Waals surface area (Å²) in [6.07, 6.45) is 2.24. The molecule has 0 radical (unpaired) electrons. The molecule has 2 aliphatic rings. The van der Waals surface area contributed by atoms with Gasteiger partial charge in [-0.3, -0.25) is 4.90 Å². The average Bonchev–Trinajstić information content (AvgIpc) is 2.69. The van der Waals surface area contributed by atoms with E-state index in [1.807, 2.05) is 18.2 Å². The average molecular weight is 345 g/mol. The number of hydrogen-bond donors (Lipinski definition) is 1. The van der Waals surface area contributed by atoms with Crippen LogP contribution in [0.4, 0.5) is 0 Å². The second-order valence-electron chi connectivity index (χ2n) is 6.73. The normalized spacial score (nSPS) is 24.6. The van der Waals surface area contributed by atoms with Crippen LogP contribution < -0.4 is 10.1 Å². The van der Waals surface area contributed by atoms with Gasteiger partial charge >= 0.3 is 0 Å². The Kier molecular flexibility index (Phi) is 6.27. The molecule has 1 aromatic rings. The fourth-order valence-corrected chi connectivity index (χ4v) is 3.77. The molecule has 2 heterocycles. The lowest BCUT2D eigenvalue weighted by Gasteiger charge is -2.47. The smallest absolute Gasteiger partial charge is 0.136 e. The number of methoxy groups -OCH3 is 1. The summed E-state index contributed by atoms with van der Waals surface area (Å²) in [5, 5.41) is 12.8. The summed E-state index contributed by atoms with van der Waals surface area (Å²) in [6.45, 7) is 6.75. The molecule has 2 fully saturated rings. The maximum Gasteiger partial charge on any atom is 0.136 e. The molecular weight excluding hydrogens is 318 g/mol. The van der Waals surface area contributed by atoms with E-state index in [2.05, 4.69) is 16.3 Å². The van der Waals surface area contributed by atoms with Crippen LogP contribution >= 0.6 is 0 Å². The van der Waals surface area contributed by atoms with E-state index in [0.29, 0.717) is 11.3 Å².